The summed E-state index contributed by atoms with van der Waals surface area (Å²) in [5, 5.41) is 3.28. The Balaban J connectivity index is 2.99. The third-order valence-corrected chi connectivity index (χ3v) is 3.61. The lowest BCUT2D eigenvalue weighted by Crippen LogP contribution is -2.20. The van der Waals surface area contributed by atoms with Crippen LogP contribution in [0.2, 0.25) is 0 Å². The summed E-state index contributed by atoms with van der Waals surface area (Å²) < 4.78 is 0. The van der Waals surface area contributed by atoms with E-state index in [1.807, 2.05) is 7.05 Å². The predicted molar refractivity (Wildman–Crippen MR) is 69.2 cm³/mol. The Bertz CT molecular complexity index is 115. The highest BCUT2D eigenvalue weighted by atomic mass is 32.2. The summed E-state index contributed by atoms with van der Waals surface area (Å²) in [6.07, 6.45) is 5.45. The van der Waals surface area contributed by atoms with E-state index < -0.39 is 0 Å². The highest BCUT2D eigenvalue weighted by Gasteiger charge is 1.98. The molecule has 0 spiro atoms. The lowest BCUT2D eigenvalue weighted by Gasteiger charge is -2.09. The van der Waals surface area contributed by atoms with Crippen LogP contribution in [0.5, 0.6) is 0 Å². The van der Waals surface area contributed by atoms with Gasteiger partial charge in [0.1, 0.15) is 0 Å². The van der Waals surface area contributed by atoms with Crippen molar-refractivity contribution in [3.05, 3.63) is 0 Å². The van der Waals surface area contributed by atoms with Crippen LogP contribution < -0.4 is 5.32 Å². The maximum atomic E-state index is 3.28. The van der Waals surface area contributed by atoms with Crippen molar-refractivity contribution in [3.63, 3.8) is 0 Å². The molecule has 0 aliphatic rings. The molecule has 0 aliphatic heterocycles. The van der Waals surface area contributed by atoms with Crippen LogP contribution >= 0.6 is 11.8 Å². The van der Waals surface area contributed by atoms with Gasteiger partial charge in [0.05, 0.1) is 0 Å². The van der Waals surface area contributed by atoms with Crippen LogP contribution in [0.1, 0.15) is 46.5 Å². The largest absolute Gasteiger partial charge is 0.317 e. The van der Waals surface area contributed by atoms with Gasteiger partial charge in [-0.1, -0.05) is 20.3 Å². The van der Waals surface area contributed by atoms with E-state index in [0.717, 1.165) is 5.92 Å². The zero-order chi connectivity index (χ0) is 10.8. The Morgan fingerprint density at radius 1 is 1.00 bits per heavy atom. The number of nitrogens with one attached hydrogen (secondary N) is 1. The molecule has 0 aromatic carbocycles. The summed E-state index contributed by atoms with van der Waals surface area (Å²) in [4.78, 5) is 0. The van der Waals surface area contributed by atoms with Gasteiger partial charge in [0.15, 0.2) is 0 Å². The molecule has 0 radical (unpaired) electrons. The molecule has 0 amide bonds. The monoisotopic (exact) mass is 217 g/mol. The average Bonchev–Trinajstić information content (AvgIpc) is 2.15. The van der Waals surface area contributed by atoms with Crippen molar-refractivity contribution in [2.75, 3.05) is 18.6 Å². The Morgan fingerprint density at radius 3 is 2.29 bits per heavy atom. The lowest BCUT2D eigenvalue weighted by molar-refractivity contribution is 0.538. The van der Waals surface area contributed by atoms with Crippen LogP contribution in [-0.2, 0) is 0 Å². The Kier molecular flexibility index (Phi) is 10.1. The van der Waals surface area contributed by atoms with Gasteiger partial charge in [-0.05, 0) is 50.7 Å². The molecule has 0 rings (SSSR count). The van der Waals surface area contributed by atoms with Crippen molar-refractivity contribution in [2.24, 2.45) is 5.92 Å². The Labute approximate surface area is 94.4 Å². The van der Waals surface area contributed by atoms with E-state index in [-0.39, 0.29) is 0 Å². The maximum absolute atomic E-state index is 3.28. The zero-order valence-corrected chi connectivity index (χ0v) is 11.1. The van der Waals surface area contributed by atoms with E-state index in [1.54, 1.807) is 0 Å². The lowest BCUT2D eigenvalue weighted by atomic mass is 10.1. The van der Waals surface area contributed by atoms with Crippen molar-refractivity contribution in [3.8, 4) is 0 Å². The molecule has 0 saturated carbocycles. The number of hydrogen-bond acceptors (Lipinski definition) is 2. The molecule has 0 aliphatic carbocycles. The Hall–Kier alpha value is 0.310. The second-order valence-corrected chi connectivity index (χ2v) is 5.71. The molecule has 0 saturated heterocycles. The number of unbranched alkanes of at least 4 members (excludes halogenated alkanes) is 1. The molecule has 2 heteroatoms. The fraction of sp³-hybridized carbons (Fsp3) is 1.00. The van der Waals surface area contributed by atoms with Crippen LogP contribution in [0.15, 0.2) is 0 Å². The van der Waals surface area contributed by atoms with E-state index in [2.05, 4.69) is 37.8 Å². The third kappa shape index (κ3) is 10.4. The van der Waals surface area contributed by atoms with Crippen LogP contribution in [0.3, 0.4) is 0 Å². The first kappa shape index (κ1) is 14.3. The fourth-order valence-corrected chi connectivity index (χ4v) is 2.47. The SMILES string of the molecule is CNC(C)CCCCSCCC(C)C. The summed E-state index contributed by atoms with van der Waals surface area (Å²) in [7, 11) is 2.04. The van der Waals surface area contributed by atoms with Gasteiger partial charge in [-0.3, -0.25) is 0 Å². The van der Waals surface area contributed by atoms with Gasteiger partial charge in [-0.15, -0.1) is 0 Å². The van der Waals surface area contributed by atoms with Gasteiger partial charge in [0, 0.05) is 6.04 Å². The predicted octanol–water partition coefficient (Wildman–Crippen LogP) is 3.54. The standard InChI is InChI=1S/C12H27NS/c1-11(2)8-10-14-9-6-5-7-12(3)13-4/h11-13H,5-10H2,1-4H3. The van der Waals surface area contributed by atoms with E-state index >= 15 is 0 Å². The first-order valence-electron chi connectivity index (χ1n) is 5.91. The average molecular weight is 217 g/mol. The molecule has 1 atom stereocenters. The van der Waals surface area contributed by atoms with Gasteiger partial charge >= 0.3 is 0 Å². The van der Waals surface area contributed by atoms with Crippen LogP contribution in [0.4, 0.5) is 0 Å². The second-order valence-electron chi connectivity index (χ2n) is 4.48. The highest BCUT2D eigenvalue weighted by molar-refractivity contribution is 7.99. The summed E-state index contributed by atoms with van der Waals surface area (Å²) >= 11 is 2.12. The van der Waals surface area contributed by atoms with Gasteiger partial charge in [-0.2, -0.15) is 11.8 Å². The van der Waals surface area contributed by atoms with Gasteiger partial charge in [0.25, 0.3) is 0 Å². The van der Waals surface area contributed by atoms with E-state index in [1.165, 1.54) is 37.2 Å². The molecule has 0 aromatic rings. The molecule has 0 aromatic heterocycles. The molecule has 1 N–H and O–H groups in total. The molecular formula is C12H27NS. The van der Waals surface area contributed by atoms with Gasteiger partial charge in [0.2, 0.25) is 0 Å². The van der Waals surface area contributed by atoms with Crippen molar-refractivity contribution in [1.29, 1.82) is 0 Å². The van der Waals surface area contributed by atoms with E-state index in [9.17, 15) is 0 Å². The maximum Gasteiger partial charge on any atom is 0.00357 e. The molecule has 86 valence electrons. The number of rotatable bonds is 9. The Morgan fingerprint density at radius 2 is 1.71 bits per heavy atom. The summed E-state index contributed by atoms with van der Waals surface area (Å²) in [5.41, 5.74) is 0. The zero-order valence-electron chi connectivity index (χ0n) is 10.3. The molecule has 14 heavy (non-hydrogen) atoms. The van der Waals surface area contributed by atoms with Gasteiger partial charge < -0.3 is 5.32 Å². The quantitative estimate of drug-likeness (QED) is 0.593. The molecular weight excluding hydrogens is 190 g/mol. The normalized spacial score (nSPS) is 13.5. The minimum absolute atomic E-state index is 0.690. The first-order valence-corrected chi connectivity index (χ1v) is 7.07. The second kappa shape index (κ2) is 9.85. The molecule has 0 fully saturated rings. The van der Waals surface area contributed by atoms with Crippen molar-refractivity contribution >= 4 is 11.8 Å². The van der Waals surface area contributed by atoms with Gasteiger partial charge in [-0.25, -0.2) is 0 Å². The van der Waals surface area contributed by atoms with Crippen molar-refractivity contribution in [2.45, 2.75) is 52.5 Å². The summed E-state index contributed by atoms with van der Waals surface area (Å²) in [6.45, 7) is 6.86. The molecule has 0 bridgehead atoms. The van der Waals surface area contributed by atoms with Crippen molar-refractivity contribution < 1.29 is 0 Å². The smallest absolute Gasteiger partial charge is 0.00357 e. The van der Waals surface area contributed by atoms with E-state index in [4.69, 9.17) is 0 Å². The molecule has 1 nitrogen and oxygen atoms in total. The topological polar surface area (TPSA) is 12.0 Å². The number of hydrogen-bond donors (Lipinski definition) is 1. The van der Waals surface area contributed by atoms with Crippen LogP contribution in [-0.4, -0.2) is 24.6 Å². The van der Waals surface area contributed by atoms with E-state index in [0.29, 0.717) is 6.04 Å². The molecule has 0 heterocycles. The van der Waals surface area contributed by atoms with Crippen molar-refractivity contribution in [1.82, 2.24) is 5.32 Å². The summed E-state index contributed by atoms with van der Waals surface area (Å²) in [6, 6.07) is 0.690. The van der Waals surface area contributed by atoms with Crippen LogP contribution in [0, 0.1) is 5.92 Å². The highest BCUT2D eigenvalue weighted by Crippen LogP contribution is 2.11. The number of thioether (sulfide) groups is 1. The first-order chi connectivity index (χ1) is 6.66. The minimum Gasteiger partial charge on any atom is -0.317 e. The third-order valence-electron chi connectivity index (χ3n) is 2.51. The fourth-order valence-electron chi connectivity index (χ4n) is 1.22. The minimum atomic E-state index is 0.690. The van der Waals surface area contributed by atoms with Crippen LogP contribution in [0.25, 0.3) is 0 Å². The summed E-state index contributed by atoms with van der Waals surface area (Å²) in [5.74, 6) is 3.56. The molecule has 1 unspecified atom stereocenters.